The predicted molar refractivity (Wildman–Crippen MR) is 86.5 cm³/mol. The molecule has 2 N–H and O–H groups in total. The highest BCUT2D eigenvalue weighted by atomic mass is 16.2. The van der Waals surface area contributed by atoms with E-state index in [-0.39, 0.29) is 12.2 Å². The summed E-state index contributed by atoms with van der Waals surface area (Å²) in [6.45, 7) is 0.137. The number of nitrogens with one attached hydrogen (secondary N) is 2. The minimum absolute atomic E-state index is 0.137. The molecule has 0 saturated carbocycles. The Morgan fingerprint density at radius 1 is 1.12 bits per heavy atom. The summed E-state index contributed by atoms with van der Waals surface area (Å²) in [5.41, 5.74) is 0.682. The fourth-order valence-corrected chi connectivity index (χ4v) is 2.48. The maximum Gasteiger partial charge on any atom is 0.276 e. The largest absolute Gasteiger partial charge is 0.343 e. The zero-order chi connectivity index (χ0) is 16.5. The molecular formula is C16H12N6O2. The fourth-order valence-electron chi connectivity index (χ4n) is 2.48. The van der Waals surface area contributed by atoms with E-state index < -0.39 is 11.3 Å². The van der Waals surface area contributed by atoms with Gasteiger partial charge in [0.15, 0.2) is 17.2 Å². The van der Waals surface area contributed by atoms with Crippen LogP contribution in [0.5, 0.6) is 0 Å². The van der Waals surface area contributed by atoms with E-state index >= 15 is 0 Å². The first-order chi connectivity index (χ1) is 11.7. The van der Waals surface area contributed by atoms with Crippen molar-refractivity contribution in [2.24, 2.45) is 0 Å². The smallest absolute Gasteiger partial charge is 0.276 e. The van der Waals surface area contributed by atoms with Gasteiger partial charge in [-0.25, -0.2) is 0 Å². The van der Waals surface area contributed by atoms with E-state index in [0.29, 0.717) is 22.4 Å². The van der Waals surface area contributed by atoms with Gasteiger partial charge in [0.2, 0.25) is 5.43 Å². The Hall–Kier alpha value is -3.55. The molecule has 3 aromatic heterocycles. The van der Waals surface area contributed by atoms with Crippen LogP contribution in [-0.2, 0) is 6.54 Å². The number of H-pyrrole nitrogens is 1. The maximum absolute atomic E-state index is 12.4. The van der Waals surface area contributed by atoms with E-state index in [1.807, 2.05) is 18.2 Å². The minimum Gasteiger partial charge on any atom is -0.343 e. The SMILES string of the molecule is O=C(NCc1nnc2ccccn12)c1n[nH]c2ccccc2c1=O. The van der Waals surface area contributed by atoms with E-state index in [9.17, 15) is 9.59 Å². The third-order valence-electron chi connectivity index (χ3n) is 3.68. The molecule has 0 aliphatic rings. The summed E-state index contributed by atoms with van der Waals surface area (Å²) in [7, 11) is 0. The fraction of sp³-hybridized carbons (Fsp3) is 0.0625. The topological polar surface area (TPSA) is 105 Å². The third-order valence-corrected chi connectivity index (χ3v) is 3.68. The van der Waals surface area contributed by atoms with Crippen molar-refractivity contribution in [1.82, 2.24) is 30.1 Å². The van der Waals surface area contributed by atoms with E-state index in [2.05, 4.69) is 25.7 Å². The molecule has 3 heterocycles. The second-order valence-electron chi connectivity index (χ2n) is 5.17. The number of fused-ring (bicyclic) bond motifs is 2. The Balaban J connectivity index is 1.61. The molecule has 0 fully saturated rings. The van der Waals surface area contributed by atoms with Crippen molar-refractivity contribution < 1.29 is 4.79 Å². The lowest BCUT2D eigenvalue weighted by Crippen LogP contribution is -2.30. The third kappa shape index (κ3) is 2.30. The average molecular weight is 320 g/mol. The van der Waals surface area contributed by atoms with Gasteiger partial charge in [-0.3, -0.25) is 19.1 Å². The average Bonchev–Trinajstić information content (AvgIpc) is 3.03. The van der Waals surface area contributed by atoms with Crippen LogP contribution in [0, 0.1) is 0 Å². The molecule has 1 amide bonds. The van der Waals surface area contributed by atoms with Crippen LogP contribution < -0.4 is 10.7 Å². The molecule has 4 rings (SSSR count). The standard InChI is InChI=1S/C16H12N6O2/c23-15-10-5-1-2-6-11(10)18-21-14(15)16(24)17-9-13-20-19-12-7-3-4-8-22(12)13/h1-8H,9H2,(H,17,24)(H,18,23). The van der Waals surface area contributed by atoms with Crippen molar-refractivity contribution in [2.75, 3.05) is 0 Å². The highest BCUT2D eigenvalue weighted by molar-refractivity contribution is 5.95. The van der Waals surface area contributed by atoms with Crippen LogP contribution in [0.2, 0.25) is 0 Å². The van der Waals surface area contributed by atoms with Crippen molar-refractivity contribution in [3.8, 4) is 0 Å². The second-order valence-corrected chi connectivity index (χ2v) is 5.17. The Morgan fingerprint density at radius 3 is 2.88 bits per heavy atom. The number of hydrogen-bond acceptors (Lipinski definition) is 5. The van der Waals surface area contributed by atoms with Crippen LogP contribution in [0.15, 0.2) is 53.5 Å². The molecule has 8 heteroatoms. The molecule has 118 valence electrons. The molecule has 0 unspecified atom stereocenters. The summed E-state index contributed by atoms with van der Waals surface area (Å²) in [6, 6.07) is 12.4. The van der Waals surface area contributed by atoms with Crippen molar-refractivity contribution in [3.63, 3.8) is 0 Å². The van der Waals surface area contributed by atoms with Crippen LogP contribution in [0.1, 0.15) is 16.3 Å². The molecule has 0 saturated heterocycles. The van der Waals surface area contributed by atoms with Crippen molar-refractivity contribution >= 4 is 22.5 Å². The number of carbonyl (C=O) groups excluding carboxylic acids is 1. The lowest BCUT2D eigenvalue weighted by Gasteiger charge is -2.04. The van der Waals surface area contributed by atoms with E-state index in [0.717, 1.165) is 0 Å². The molecule has 24 heavy (non-hydrogen) atoms. The number of nitrogens with zero attached hydrogens (tertiary/aromatic N) is 4. The summed E-state index contributed by atoms with van der Waals surface area (Å²) >= 11 is 0. The van der Waals surface area contributed by atoms with Gasteiger partial charge >= 0.3 is 0 Å². The normalized spacial score (nSPS) is 11.0. The summed E-state index contributed by atoms with van der Waals surface area (Å²) in [5, 5.41) is 17.7. The Kier molecular flexibility index (Phi) is 3.27. The van der Waals surface area contributed by atoms with Crippen LogP contribution >= 0.6 is 0 Å². The van der Waals surface area contributed by atoms with Gasteiger partial charge < -0.3 is 5.32 Å². The molecular weight excluding hydrogens is 308 g/mol. The Labute approximate surface area is 135 Å². The molecule has 1 aromatic carbocycles. The van der Waals surface area contributed by atoms with Gasteiger partial charge in [0, 0.05) is 11.6 Å². The highest BCUT2D eigenvalue weighted by Crippen LogP contribution is 2.06. The maximum atomic E-state index is 12.4. The number of aromatic nitrogens is 5. The first-order valence-corrected chi connectivity index (χ1v) is 7.28. The second kappa shape index (κ2) is 5.58. The number of carbonyl (C=O) groups is 1. The summed E-state index contributed by atoms with van der Waals surface area (Å²) < 4.78 is 1.76. The molecule has 0 atom stereocenters. The lowest BCUT2D eigenvalue weighted by molar-refractivity contribution is 0.0943. The summed E-state index contributed by atoms with van der Waals surface area (Å²) in [5.74, 6) is 0.00542. The molecule has 4 aromatic rings. The van der Waals surface area contributed by atoms with Crippen LogP contribution in [0.4, 0.5) is 0 Å². The first-order valence-electron chi connectivity index (χ1n) is 7.28. The highest BCUT2D eigenvalue weighted by Gasteiger charge is 2.15. The number of benzene rings is 1. The van der Waals surface area contributed by atoms with E-state index in [1.54, 1.807) is 34.9 Å². The van der Waals surface area contributed by atoms with Gasteiger partial charge in [0.25, 0.3) is 5.91 Å². The van der Waals surface area contributed by atoms with Gasteiger partial charge in [-0.1, -0.05) is 18.2 Å². The molecule has 0 aliphatic heterocycles. The summed E-state index contributed by atoms with van der Waals surface area (Å²) in [6.07, 6.45) is 1.80. The predicted octanol–water partition coefficient (Wildman–Crippen LogP) is 0.896. The van der Waals surface area contributed by atoms with Crippen LogP contribution in [-0.4, -0.2) is 30.7 Å². The number of aromatic amines is 1. The Morgan fingerprint density at radius 2 is 1.96 bits per heavy atom. The molecule has 8 nitrogen and oxygen atoms in total. The van der Waals surface area contributed by atoms with Gasteiger partial charge in [0.05, 0.1) is 12.1 Å². The van der Waals surface area contributed by atoms with Crippen molar-refractivity contribution in [3.05, 3.63) is 70.4 Å². The molecule has 0 bridgehead atoms. The number of pyridine rings is 1. The van der Waals surface area contributed by atoms with E-state index in [1.165, 1.54) is 0 Å². The quantitative estimate of drug-likeness (QED) is 0.583. The minimum atomic E-state index is -0.560. The first kappa shape index (κ1) is 14.1. The molecule has 0 spiro atoms. The van der Waals surface area contributed by atoms with Crippen LogP contribution in [0.3, 0.4) is 0 Å². The summed E-state index contributed by atoms with van der Waals surface area (Å²) in [4.78, 5) is 24.7. The van der Waals surface area contributed by atoms with Crippen molar-refractivity contribution in [1.29, 1.82) is 0 Å². The lowest BCUT2D eigenvalue weighted by atomic mass is 10.2. The number of hydrogen-bond donors (Lipinski definition) is 2. The number of amides is 1. The number of para-hydroxylation sites is 1. The zero-order valence-corrected chi connectivity index (χ0v) is 12.4. The van der Waals surface area contributed by atoms with Gasteiger partial charge in [-0.05, 0) is 24.3 Å². The van der Waals surface area contributed by atoms with Crippen LogP contribution in [0.25, 0.3) is 16.6 Å². The monoisotopic (exact) mass is 320 g/mol. The number of rotatable bonds is 3. The zero-order valence-electron chi connectivity index (χ0n) is 12.4. The van der Waals surface area contributed by atoms with Gasteiger partial charge in [0.1, 0.15) is 0 Å². The van der Waals surface area contributed by atoms with Gasteiger partial charge in [-0.15, -0.1) is 10.2 Å². The Bertz CT molecular complexity index is 1110. The molecule has 0 aliphatic carbocycles. The van der Waals surface area contributed by atoms with Crippen molar-refractivity contribution in [2.45, 2.75) is 6.54 Å². The van der Waals surface area contributed by atoms with E-state index in [4.69, 9.17) is 0 Å². The molecule has 0 radical (unpaired) electrons. The van der Waals surface area contributed by atoms with Gasteiger partial charge in [-0.2, -0.15) is 5.10 Å².